The standard InChI is InChI=1S/C18H17N5O5S/c1-2-28-18(25)12-8-10-13(11-9-12)19-17(24)15-16(21-23-20-15)22-29(26,27)14-6-4-3-5-7-14/h3-11H,2H2,1H3,(H,19,24)(H2,20,21,22,23). The van der Waals surface area contributed by atoms with Crippen LogP contribution in [0.25, 0.3) is 0 Å². The zero-order valence-electron chi connectivity index (χ0n) is 15.2. The van der Waals surface area contributed by atoms with Gasteiger partial charge in [0.1, 0.15) is 0 Å². The Kier molecular flexibility index (Phi) is 5.88. The number of anilines is 2. The fourth-order valence-electron chi connectivity index (χ4n) is 2.34. The number of sulfonamides is 1. The zero-order chi connectivity index (χ0) is 20.9. The van der Waals surface area contributed by atoms with Crippen LogP contribution in [0.5, 0.6) is 0 Å². The summed E-state index contributed by atoms with van der Waals surface area (Å²) >= 11 is 0. The van der Waals surface area contributed by atoms with Gasteiger partial charge in [0.2, 0.25) is 0 Å². The molecule has 10 nitrogen and oxygen atoms in total. The van der Waals surface area contributed by atoms with Gasteiger partial charge in [-0.05, 0) is 43.3 Å². The molecule has 0 saturated heterocycles. The minimum Gasteiger partial charge on any atom is -0.462 e. The second-order valence-electron chi connectivity index (χ2n) is 5.69. The number of rotatable bonds is 7. The molecule has 1 aromatic heterocycles. The zero-order valence-corrected chi connectivity index (χ0v) is 16.1. The lowest BCUT2D eigenvalue weighted by atomic mass is 10.2. The first-order valence-electron chi connectivity index (χ1n) is 8.48. The molecule has 0 aliphatic heterocycles. The van der Waals surface area contributed by atoms with Crippen molar-refractivity contribution in [3.8, 4) is 0 Å². The number of carbonyl (C=O) groups is 2. The molecule has 1 amide bonds. The van der Waals surface area contributed by atoms with Gasteiger partial charge in [0, 0.05) is 5.69 Å². The lowest BCUT2D eigenvalue weighted by Crippen LogP contribution is -2.18. The lowest BCUT2D eigenvalue weighted by Gasteiger charge is -2.08. The van der Waals surface area contributed by atoms with Crippen molar-refractivity contribution in [2.75, 3.05) is 16.6 Å². The van der Waals surface area contributed by atoms with Crippen molar-refractivity contribution < 1.29 is 22.7 Å². The maximum Gasteiger partial charge on any atom is 0.338 e. The first-order chi connectivity index (χ1) is 13.9. The summed E-state index contributed by atoms with van der Waals surface area (Å²) in [6.45, 7) is 1.96. The molecule has 0 unspecified atom stereocenters. The maximum atomic E-state index is 12.5. The number of hydrogen-bond acceptors (Lipinski definition) is 7. The molecular weight excluding hydrogens is 398 g/mol. The van der Waals surface area contributed by atoms with E-state index in [9.17, 15) is 18.0 Å². The normalized spacial score (nSPS) is 10.9. The number of aromatic amines is 1. The van der Waals surface area contributed by atoms with Gasteiger partial charge in [-0.2, -0.15) is 5.21 Å². The monoisotopic (exact) mass is 415 g/mol. The Labute approximate surface area is 166 Å². The van der Waals surface area contributed by atoms with Crippen LogP contribution < -0.4 is 10.0 Å². The van der Waals surface area contributed by atoms with E-state index in [1.807, 2.05) is 0 Å². The highest BCUT2D eigenvalue weighted by Crippen LogP contribution is 2.18. The molecule has 0 aliphatic carbocycles. The first kappa shape index (κ1) is 20.0. The highest BCUT2D eigenvalue weighted by Gasteiger charge is 2.22. The van der Waals surface area contributed by atoms with Crippen LogP contribution in [-0.4, -0.2) is 42.3 Å². The molecule has 3 aromatic rings. The summed E-state index contributed by atoms with van der Waals surface area (Å²) in [4.78, 5) is 24.2. The third-order valence-corrected chi connectivity index (χ3v) is 5.06. The number of benzene rings is 2. The highest BCUT2D eigenvalue weighted by atomic mass is 32.2. The van der Waals surface area contributed by atoms with Gasteiger partial charge in [-0.1, -0.05) is 18.2 Å². The third-order valence-electron chi connectivity index (χ3n) is 3.70. The summed E-state index contributed by atoms with van der Waals surface area (Å²) in [6, 6.07) is 13.7. The number of aromatic nitrogens is 3. The number of nitrogens with zero attached hydrogens (tertiary/aromatic N) is 2. The number of ether oxygens (including phenoxy) is 1. The molecule has 0 spiro atoms. The smallest absolute Gasteiger partial charge is 0.338 e. The van der Waals surface area contributed by atoms with Crippen molar-refractivity contribution in [1.82, 2.24) is 15.4 Å². The van der Waals surface area contributed by atoms with E-state index < -0.39 is 21.9 Å². The second kappa shape index (κ2) is 8.52. The van der Waals surface area contributed by atoms with Crippen molar-refractivity contribution in [3.63, 3.8) is 0 Å². The highest BCUT2D eigenvalue weighted by molar-refractivity contribution is 7.92. The fourth-order valence-corrected chi connectivity index (χ4v) is 3.37. The van der Waals surface area contributed by atoms with Crippen molar-refractivity contribution >= 4 is 33.4 Å². The van der Waals surface area contributed by atoms with E-state index in [-0.39, 0.29) is 23.0 Å². The van der Waals surface area contributed by atoms with Crippen molar-refractivity contribution in [1.29, 1.82) is 0 Å². The predicted octanol–water partition coefficient (Wildman–Crippen LogP) is 2.03. The van der Waals surface area contributed by atoms with Crippen LogP contribution in [0.3, 0.4) is 0 Å². The number of nitrogens with one attached hydrogen (secondary N) is 3. The summed E-state index contributed by atoms with van der Waals surface area (Å²) in [7, 11) is -3.94. The van der Waals surface area contributed by atoms with E-state index in [2.05, 4.69) is 25.4 Å². The number of esters is 1. The molecule has 0 bridgehead atoms. The van der Waals surface area contributed by atoms with Crippen molar-refractivity contribution in [3.05, 3.63) is 65.9 Å². The topological polar surface area (TPSA) is 143 Å². The Morgan fingerprint density at radius 1 is 1.03 bits per heavy atom. The number of H-pyrrole nitrogens is 1. The maximum absolute atomic E-state index is 12.5. The summed E-state index contributed by atoms with van der Waals surface area (Å²) in [5, 5.41) is 12.2. The fraction of sp³-hybridized carbons (Fsp3) is 0.111. The number of carbonyl (C=O) groups excluding carboxylic acids is 2. The summed E-state index contributed by atoms with van der Waals surface area (Å²) in [5.41, 5.74) is 0.476. The van der Waals surface area contributed by atoms with Crippen LogP contribution in [0.4, 0.5) is 11.5 Å². The average molecular weight is 415 g/mol. The first-order valence-corrected chi connectivity index (χ1v) is 9.96. The Morgan fingerprint density at radius 2 is 1.72 bits per heavy atom. The van der Waals surface area contributed by atoms with Crippen LogP contribution in [-0.2, 0) is 14.8 Å². The molecule has 2 aromatic carbocycles. The van der Waals surface area contributed by atoms with Crippen molar-refractivity contribution in [2.24, 2.45) is 0 Å². The molecule has 150 valence electrons. The Bertz CT molecular complexity index is 1110. The van der Waals surface area contributed by atoms with Gasteiger partial charge < -0.3 is 10.1 Å². The largest absolute Gasteiger partial charge is 0.462 e. The van der Waals surface area contributed by atoms with Gasteiger partial charge in [0.05, 0.1) is 17.1 Å². The summed E-state index contributed by atoms with van der Waals surface area (Å²) < 4.78 is 32.0. The van der Waals surface area contributed by atoms with Gasteiger partial charge >= 0.3 is 5.97 Å². The van der Waals surface area contributed by atoms with Crippen LogP contribution in [0.2, 0.25) is 0 Å². The SMILES string of the molecule is CCOC(=O)c1ccc(NC(=O)c2n[nH]nc2NS(=O)(=O)c2ccccc2)cc1. The minimum absolute atomic E-state index is 0.0175. The van der Waals surface area contributed by atoms with Gasteiger partial charge in [-0.3, -0.25) is 9.52 Å². The number of hydrogen-bond donors (Lipinski definition) is 3. The van der Waals surface area contributed by atoms with E-state index in [1.54, 1.807) is 25.1 Å². The van der Waals surface area contributed by atoms with Crippen LogP contribution in [0, 0.1) is 0 Å². The Morgan fingerprint density at radius 3 is 2.38 bits per heavy atom. The van der Waals surface area contributed by atoms with Crippen LogP contribution >= 0.6 is 0 Å². The molecule has 0 atom stereocenters. The van der Waals surface area contributed by atoms with E-state index in [0.29, 0.717) is 11.3 Å². The predicted molar refractivity (Wildman–Crippen MR) is 104 cm³/mol. The van der Waals surface area contributed by atoms with Gasteiger partial charge in [-0.15, -0.1) is 10.2 Å². The minimum atomic E-state index is -3.94. The third kappa shape index (κ3) is 4.76. The van der Waals surface area contributed by atoms with E-state index in [1.165, 1.54) is 36.4 Å². The van der Waals surface area contributed by atoms with Gasteiger partial charge in [0.25, 0.3) is 15.9 Å². The summed E-state index contributed by atoms with van der Waals surface area (Å²) in [6.07, 6.45) is 0. The molecule has 3 N–H and O–H groups in total. The molecule has 0 fully saturated rings. The van der Waals surface area contributed by atoms with Crippen molar-refractivity contribution in [2.45, 2.75) is 11.8 Å². The van der Waals surface area contributed by atoms with E-state index in [0.717, 1.165) is 0 Å². The van der Waals surface area contributed by atoms with Crippen LogP contribution in [0.1, 0.15) is 27.8 Å². The Balaban J connectivity index is 1.73. The molecule has 29 heavy (non-hydrogen) atoms. The molecule has 0 radical (unpaired) electrons. The average Bonchev–Trinajstić information content (AvgIpc) is 3.17. The summed E-state index contributed by atoms with van der Waals surface area (Å²) in [5.74, 6) is -1.40. The van der Waals surface area contributed by atoms with Crippen LogP contribution in [0.15, 0.2) is 59.5 Å². The molecule has 1 heterocycles. The van der Waals surface area contributed by atoms with Gasteiger partial charge in [0.15, 0.2) is 11.5 Å². The lowest BCUT2D eigenvalue weighted by molar-refractivity contribution is 0.0526. The quantitative estimate of drug-likeness (QED) is 0.501. The molecule has 3 rings (SSSR count). The molecule has 11 heteroatoms. The van der Waals surface area contributed by atoms with E-state index >= 15 is 0 Å². The van der Waals surface area contributed by atoms with Gasteiger partial charge in [-0.25, -0.2) is 13.2 Å². The molecule has 0 aliphatic rings. The Hall–Kier alpha value is -3.73. The van der Waals surface area contributed by atoms with E-state index in [4.69, 9.17) is 4.74 Å². The molecule has 0 saturated carbocycles. The second-order valence-corrected chi connectivity index (χ2v) is 7.37. The molecular formula is C18H17N5O5S. The number of amides is 1.